The van der Waals surface area contributed by atoms with Crippen molar-refractivity contribution >= 4 is 44.8 Å². The molecule has 0 fully saturated rings. The molecule has 4 aromatic rings. The summed E-state index contributed by atoms with van der Waals surface area (Å²) in [6, 6.07) is 19.5. The SMILES string of the molecule is CCCN(Cc1nnc(-c2ccccc2Cl)o1)C(=O)c1cccc(S(=O)(=O)N(C)c2cccc(Cl)c2)c1. The third-order valence-electron chi connectivity index (χ3n) is 5.59. The maximum atomic E-state index is 13.4. The Hall–Kier alpha value is -3.40. The van der Waals surface area contributed by atoms with E-state index in [9.17, 15) is 13.2 Å². The second-order valence-corrected chi connectivity index (χ2v) is 11.0. The Morgan fingerprint density at radius 3 is 2.46 bits per heavy atom. The van der Waals surface area contributed by atoms with Crippen molar-refractivity contribution in [2.24, 2.45) is 0 Å². The maximum absolute atomic E-state index is 13.4. The monoisotopic (exact) mass is 558 g/mol. The minimum absolute atomic E-state index is 0.0175. The van der Waals surface area contributed by atoms with Gasteiger partial charge in [0.2, 0.25) is 11.8 Å². The molecule has 0 aliphatic heterocycles. The van der Waals surface area contributed by atoms with E-state index >= 15 is 0 Å². The third kappa shape index (κ3) is 5.95. The number of nitrogens with zero attached hydrogens (tertiary/aromatic N) is 4. The topological polar surface area (TPSA) is 96.6 Å². The van der Waals surface area contributed by atoms with Crippen molar-refractivity contribution in [3.63, 3.8) is 0 Å². The molecule has 3 aromatic carbocycles. The van der Waals surface area contributed by atoms with Gasteiger partial charge in [-0.3, -0.25) is 9.10 Å². The number of aromatic nitrogens is 2. The molecule has 4 rings (SSSR count). The molecule has 192 valence electrons. The van der Waals surface area contributed by atoms with E-state index < -0.39 is 10.0 Å². The van der Waals surface area contributed by atoms with E-state index in [1.165, 1.54) is 30.1 Å². The Balaban J connectivity index is 1.58. The van der Waals surface area contributed by atoms with Gasteiger partial charge in [0, 0.05) is 24.2 Å². The van der Waals surface area contributed by atoms with E-state index in [0.717, 1.165) is 4.31 Å². The standard InChI is InChI=1S/C26H24Cl2N4O4S/c1-3-14-32(17-24-29-30-25(36-24)22-12-4-5-13-23(22)28)26(33)18-8-6-11-21(15-18)37(34,35)31(2)20-10-7-9-19(27)16-20/h4-13,15-16H,3,14,17H2,1-2H3. The second kappa shape index (κ2) is 11.3. The summed E-state index contributed by atoms with van der Waals surface area (Å²) in [5, 5.41) is 9.02. The van der Waals surface area contributed by atoms with E-state index in [1.807, 2.05) is 13.0 Å². The van der Waals surface area contributed by atoms with Gasteiger partial charge in [-0.2, -0.15) is 0 Å². The largest absolute Gasteiger partial charge is 0.419 e. The van der Waals surface area contributed by atoms with Crippen molar-refractivity contribution < 1.29 is 17.6 Å². The highest BCUT2D eigenvalue weighted by atomic mass is 35.5. The van der Waals surface area contributed by atoms with E-state index in [4.69, 9.17) is 27.6 Å². The van der Waals surface area contributed by atoms with Gasteiger partial charge in [0.1, 0.15) is 0 Å². The molecule has 0 saturated carbocycles. The van der Waals surface area contributed by atoms with E-state index in [2.05, 4.69) is 10.2 Å². The first-order valence-corrected chi connectivity index (χ1v) is 13.6. The molecule has 0 aliphatic carbocycles. The van der Waals surface area contributed by atoms with Crippen LogP contribution in [0.2, 0.25) is 10.0 Å². The van der Waals surface area contributed by atoms with Crippen LogP contribution in [0.4, 0.5) is 5.69 Å². The van der Waals surface area contributed by atoms with Crippen molar-refractivity contribution in [2.75, 3.05) is 17.9 Å². The summed E-state index contributed by atoms with van der Waals surface area (Å²) in [4.78, 5) is 14.9. The third-order valence-corrected chi connectivity index (χ3v) is 7.94. The van der Waals surface area contributed by atoms with E-state index in [1.54, 1.807) is 48.5 Å². The Morgan fingerprint density at radius 1 is 0.973 bits per heavy atom. The molecule has 37 heavy (non-hydrogen) atoms. The average molecular weight is 559 g/mol. The summed E-state index contributed by atoms with van der Waals surface area (Å²) in [5.41, 5.74) is 1.22. The van der Waals surface area contributed by atoms with Crippen LogP contribution in [-0.4, -0.2) is 43.0 Å². The summed E-state index contributed by atoms with van der Waals surface area (Å²) < 4.78 is 33.5. The smallest absolute Gasteiger partial charge is 0.264 e. The van der Waals surface area contributed by atoms with Gasteiger partial charge in [-0.1, -0.05) is 54.4 Å². The molecular weight excluding hydrogens is 535 g/mol. The Morgan fingerprint density at radius 2 is 1.73 bits per heavy atom. The number of carbonyl (C=O) groups is 1. The number of hydrogen-bond acceptors (Lipinski definition) is 6. The number of carbonyl (C=O) groups excluding carboxylic acids is 1. The van der Waals surface area contributed by atoms with Gasteiger partial charge in [-0.05, 0) is 55.0 Å². The number of sulfonamides is 1. The fourth-order valence-corrected chi connectivity index (χ4v) is 5.32. The van der Waals surface area contributed by atoms with Gasteiger partial charge < -0.3 is 9.32 Å². The average Bonchev–Trinajstić information content (AvgIpc) is 3.36. The minimum atomic E-state index is -3.94. The normalized spacial score (nSPS) is 11.4. The zero-order valence-corrected chi connectivity index (χ0v) is 22.5. The lowest BCUT2D eigenvalue weighted by Gasteiger charge is -2.22. The molecule has 0 N–H and O–H groups in total. The van der Waals surface area contributed by atoms with E-state index in [-0.39, 0.29) is 34.7 Å². The van der Waals surface area contributed by atoms with Gasteiger partial charge in [-0.15, -0.1) is 10.2 Å². The number of hydrogen-bond donors (Lipinski definition) is 0. The maximum Gasteiger partial charge on any atom is 0.264 e. The molecule has 0 saturated heterocycles. The number of anilines is 1. The summed E-state index contributed by atoms with van der Waals surface area (Å²) in [6.07, 6.45) is 0.673. The Bertz CT molecular complexity index is 1520. The van der Waals surface area contributed by atoms with Gasteiger partial charge in [0.15, 0.2) is 0 Å². The van der Waals surface area contributed by atoms with Crippen molar-refractivity contribution in [3.05, 3.63) is 94.3 Å². The van der Waals surface area contributed by atoms with Crippen LogP contribution in [0.3, 0.4) is 0 Å². The van der Waals surface area contributed by atoms with Crippen molar-refractivity contribution in [1.82, 2.24) is 15.1 Å². The highest BCUT2D eigenvalue weighted by Gasteiger charge is 2.25. The zero-order chi connectivity index (χ0) is 26.6. The van der Waals surface area contributed by atoms with Gasteiger partial charge in [-0.25, -0.2) is 8.42 Å². The van der Waals surface area contributed by atoms with Crippen molar-refractivity contribution in [2.45, 2.75) is 24.8 Å². The van der Waals surface area contributed by atoms with Crippen LogP contribution in [0, 0.1) is 0 Å². The second-order valence-electron chi connectivity index (χ2n) is 8.19. The van der Waals surface area contributed by atoms with Crippen LogP contribution in [0.5, 0.6) is 0 Å². The van der Waals surface area contributed by atoms with Gasteiger partial charge >= 0.3 is 0 Å². The quantitative estimate of drug-likeness (QED) is 0.253. The first kappa shape index (κ1) is 26.7. The molecule has 0 unspecified atom stereocenters. The molecule has 0 aliphatic rings. The summed E-state index contributed by atoms with van der Waals surface area (Å²) in [5.74, 6) is 0.129. The number of benzene rings is 3. The van der Waals surface area contributed by atoms with Crippen LogP contribution in [0.15, 0.2) is 82.1 Å². The fraction of sp³-hybridized carbons (Fsp3) is 0.192. The highest BCUT2D eigenvalue weighted by Crippen LogP contribution is 2.27. The summed E-state index contributed by atoms with van der Waals surface area (Å²) >= 11 is 12.3. The lowest BCUT2D eigenvalue weighted by atomic mass is 10.2. The summed E-state index contributed by atoms with van der Waals surface area (Å²) in [7, 11) is -2.51. The summed E-state index contributed by atoms with van der Waals surface area (Å²) in [6.45, 7) is 2.40. The Labute approximate surface area is 225 Å². The van der Waals surface area contributed by atoms with Gasteiger partial charge in [0.05, 0.1) is 27.7 Å². The molecule has 1 aromatic heterocycles. The lowest BCUT2D eigenvalue weighted by Crippen LogP contribution is -2.32. The molecule has 0 spiro atoms. The first-order valence-electron chi connectivity index (χ1n) is 11.4. The van der Waals surface area contributed by atoms with E-state index in [0.29, 0.717) is 34.3 Å². The molecule has 8 nitrogen and oxygen atoms in total. The molecule has 11 heteroatoms. The molecule has 1 amide bonds. The number of amides is 1. The first-order chi connectivity index (χ1) is 17.7. The Kier molecular flexibility index (Phi) is 8.16. The van der Waals surface area contributed by atoms with Crippen LogP contribution < -0.4 is 4.31 Å². The number of rotatable bonds is 9. The van der Waals surface area contributed by atoms with Crippen LogP contribution in [0.25, 0.3) is 11.5 Å². The van der Waals surface area contributed by atoms with Crippen LogP contribution in [0.1, 0.15) is 29.6 Å². The number of halogens is 2. The zero-order valence-electron chi connectivity index (χ0n) is 20.1. The van der Waals surface area contributed by atoms with Gasteiger partial charge in [0.25, 0.3) is 15.9 Å². The van der Waals surface area contributed by atoms with Crippen molar-refractivity contribution in [3.8, 4) is 11.5 Å². The predicted molar refractivity (Wildman–Crippen MR) is 143 cm³/mol. The predicted octanol–water partition coefficient (Wildman–Crippen LogP) is 5.92. The van der Waals surface area contributed by atoms with Crippen LogP contribution >= 0.6 is 23.2 Å². The minimum Gasteiger partial charge on any atom is -0.419 e. The van der Waals surface area contributed by atoms with Crippen molar-refractivity contribution in [1.29, 1.82) is 0 Å². The molecule has 1 heterocycles. The lowest BCUT2D eigenvalue weighted by molar-refractivity contribution is 0.0728. The molecular formula is C26H24Cl2N4O4S. The van der Waals surface area contributed by atoms with Crippen LogP contribution in [-0.2, 0) is 16.6 Å². The fourth-order valence-electron chi connectivity index (χ4n) is 3.69. The molecule has 0 bridgehead atoms. The molecule has 0 atom stereocenters. The highest BCUT2D eigenvalue weighted by molar-refractivity contribution is 7.92. The molecule has 0 radical (unpaired) electrons.